The molecular formula is C19H23N3O2S. The summed E-state index contributed by atoms with van der Waals surface area (Å²) in [5.74, 6) is 1.12. The van der Waals surface area contributed by atoms with Gasteiger partial charge in [0.15, 0.2) is 0 Å². The van der Waals surface area contributed by atoms with Crippen LogP contribution in [0.5, 0.6) is 0 Å². The van der Waals surface area contributed by atoms with E-state index >= 15 is 0 Å². The fourth-order valence-electron chi connectivity index (χ4n) is 4.04. The van der Waals surface area contributed by atoms with Gasteiger partial charge in [0.05, 0.1) is 18.0 Å². The third kappa shape index (κ3) is 2.97. The van der Waals surface area contributed by atoms with Gasteiger partial charge in [-0.05, 0) is 56.1 Å². The third-order valence-electron chi connectivity index (χ3n) is 5.64. The van der Waals surface area contributed by atoms with Crippen molar-refractivity contribution in [2.24, 2.45) is 11.3 Å². The van der Waals surface area contributed by atoms with Gasteiger partial charge in [-0.25, -0.2) is 9.97 Å². The fraction of sp³-hybridized carbons (Fsp3) is 0.526. The van der Waals surface area contributed by atoms with E-state index in [1.807, 2.05) is 6.92 Å². The number of aromatic nitrogens is 2. The Morgan fingerprint density at radius 3 is 2.88 bits per heavy atom. The number of nitrogens with zero attached hydrogens (tertiary/aromatic N) is 3. The molecule has 132 valence electrons. The lowest BCUT2D eigenvalue weighted by molar-refractivity contribution is -0.145. The van der Waals surface area contributed by atoms with Gasteiger partial charge in [-0.1, -0.05) is 0 Å². The summed E-state index contributed by atoms with van der Waals surface area (Å²) in [5, 5.41) is 1.11. The summed E-state index contributed by atoms with van der Waals surface area (Å²) in [6.07, 6.45) is 6.78. The molecule has 0 N–H and O–H groups in total. The molecule has 1 spiro atoms. The molecule has 25 heavy (non-hydrogen) atoms. The van der Waals surface area contributed by atoms with Gasteiger partial charge in [0, 0.05) is 23.4 Å². The van der Waals surface area contributed by atoms with Gasteiger partial charge in [-0.2, -0.15) is 0 Å². The van der Waals surface area contributed by atoms with Crippen molar-refractivity contribution < 1.29 is 9.53 Å². The molecule has 1 unspecified atom stereocenters. The average molecular weight is 357 g/mol. The molecule has 1 aliphatic carbocycles. The van der Waals surface area contributed by atoms with Crippen LogP contribution >= 0.6 is 11.8 Å². The Bertz CT molecular complexity index is 802. The van der Waals surface area contributed by atoms with E-state index in [0.29, 0.717) is 6.61 Å². The van der Waals surface area contributed by atoms with Crippen LogP contribution < -0.4 is 4.90 Å². The number of anilines is 1. The molecule has 2 aliphatic rings. The van der Waals surface area contributed by atoms with Gasteiger partial charge >= 0.3 is 5.97 Å². The summed E-state index contributed by atoms with van der Waals surface area (Å²) in [6, 6.07) is 6.34. The molecule has 2 fully saturated rings. The minimum absolute atomic E-state index is 0.00644. The maximum absolute atomic E-state index is 12.0. The number of esters is 1. The highest BCUT2D eigenvalue weighted by Crippen LogP contribution is 2.60. The number of thioether (sulfide) groups is 1. The summed E-state index contributed by atoms with van der Waals surface area (Å²) < 4.78 is 5.21. The lowest BCUT2D eigenvalue weighted by Crippen LogP contribution is -2.36. The largest absolute Gasteiger partial charge is 0.466 e. The maximum atomic E-state index is 12.0. The molecule has 0 bridgehead atoms. The molecule has 2 aromatic rings. The zero-order valence-corrected chi connectivity index (χ0v) is 15.5. The van der Waals surface area contributed by atoms with Crippen LogP contribution in [0.2, 0.25) is 0 Å². The summed E-state index contributed by atoms with van der Waals surface area (Å²) in [6.45, 7) is 4.22. The number of benzene rings is 1. The minimum atomic E-state index is -0.00644. The van der Waals surface area contributed by atoms with Gasteiger partial charge in [0.25, 0.3) is 0 Å². The SMILES string of the molecule is CCOC(=O)C1CC12CCN(c1ncnc3ccc(SC)cc13)CC2. The molecule has 0 radical (unpaired) electrons. The molecule has 1 atom stereocenters. The van der Waals surface area contributed by atoms with Crippen LogP contribution in [0, 0.1) is 11.3 Å². The lowest BCUT2D eigenvalue weighted by Gasteiger charge is -2.34. The van der Waals surface area contributed by atoms with E-state index in [1.165, 1.54) is 4.90 Å². The van der Waals surface area contributed by atoms with E-state index in [4.69, 9.17) is 4.74 Å². The number of hydrogen-bond acceptors (Lipinski definition) is 6. The normalized spacial score (nSPS) is 21.5. The second-order valence-corrected chi connectivity index (χ2v) is 7.82. The summed E-state index contributed by atoms with van der Waals surface area (Å²) in [7, 11) is 0. The van der Waals surface area contributed by atoms with Crippen LogP contribution in [0.4, 0.5) is 5.82 Å². The molecule has 1 aromatic heterocycles. The van der Waals surface area contributed by atoms with Crippen LogP contribution in [0.25, 0.3) is 10.9 Å². The number of fused-ring (bicyclic) bond motifs is 1. The van der Waals surface area contributed by atoms with Gasteiger partial charge in [-0.15, -0.1) is 11.8 Å². The van der Waals surface area contributed by atoms with Crippen LogP contribution in [-0.2, 0) is 9.53 Å². The van der Waals surface area contributed by atoms with Crippen molar-refractivity contribution in [2.75, 3.05) is 30.9 Å². The maximum Gasteiger partial charge on any atom is 0.309 e. The third-order valence-corrected chi connectivity index (χ3v) is 6.37. The van der Waals surface area contributed by atoms with E-state index in [1.54, 1.807) is 18.1 Å². The van der Waals surface area contributed by atoms with Crippen molar-refractivity contribution >= 4 is 34.5 Å². The molecule has 1 aromatic carbocycles. The smallest absolute Gasteiger partial charge is 0.309 e. The standard InChI is InChI=1S/C19H23N3O2S/c1-3-24-18(23)15-11-19(15)6-8-22(9-7-19)17-14-10-13(25-2)4-5-16(14)20-12-21-17/h4-5,10,12,15H,3,6-9,11H2,1-2H3. The second-order valence-electron chi connectivity index (χ2n) is 6.94. The first-order valence-electron chi connectivity index (χ1n) is 8.87. The van der Waals surface area contributed by atoms with Gasteiger partial charge in [0.1, 0.15) is 12.1 Å². The Labute approximate surface area is 152 Å². The molecule has 0 amide bonds. The van der Waals surface area contributed by atoms with Crippen LogP contribution in [0.1, 0.15) is 26.2 Å². The van der Waals surface area contributed by atoms with E-state index < -0.39 is 0 Å². The molecule has 2 heterocycles. The van der Waals surface area contributed by atoms with Crippen molar-refractivity contribution in [3.8, 4) is 0 Å². The zero-order valence-electron chi connectivity index (χ0n) is 14.7. The van der Waals surface area contributed by atoms with Crippen molar-refractivity contribution in [1.29, 1.82) is 0 Å². The number of piperidine rings is 1. The average Bonchev–Trinajstić information content (AvgIpc) is 3.35. The predicted molar refractivity (Wildman–Crippen MR) is 99.9 cm³/mol. The highest BCUT2D eigenvalue weighted by atomic mass is 32.2. The quantitative estimate of drug-likeness (QED) is 0.616. The Morgan fingerprint density at radius 1 is 1.36 bits per heavy atom. The summed E-state index contributed by atoms with van der Waals surface area (Å²) in [5.41, 5.74) is 1.16. The summed E-state index contributed by atoms with van der Waals surface area (Å²) in [4.78, 5) is 24.6. The molecule has 1 saturated heterocycles. The van der Waals surface area contributed by atoms with Crippen molar-refractivity contribution in [3.63, 3.8) is 0 Å². The first-order valence-corrected chi connectivity index (χ1v) is 10.1. The minimum Gasteiger partial charge on any atom is -0.466 e. The summed E-state index contributed by atoms with van der Waals surface area (Å²) >= 11 is 1.73. The monoisotopic (exact) mass is 357 g/mol. The van der Waals surface area contributed by atoms with Crippen molar-refractivity contribution in [2.45, 2.75) is 31.1 Å². The van der Waals surface area contributed by atoms with E-state index in [-0.39, 0.29) is 17.3 Å². The Morgan fingerprint density at radius 2 is 2.16 bits per heavy atom. The van der Waals surface area contributed by atoms with Gasteiger partial charge in [-0.3, -0.25) is 4.79 Å². The van der Waals surface area contributed by atoms with Crippen LogP contribution in [0.3, 0.4) is 0 Å². The molecule has 1 saturated carbocycles. The highest BCUT2D eigenvalue weighted by molar-refractivity contribution is 7.98. The number of rotatable bonds is 4. The number of ether oxygens (including phenoxy) is 1. The Kier molecular flexibility index (Phi) is 4.31. The van der Waals surface area contributed by atoms with Crippen molar-refractivity contribution in [1.82, 2.24) is 9.97 Å². The zero-order chi connectivity index (χ0) is 17.4. The highest BCUT2D eigenvalue weighted by Gasteiger charge is 2.59. The molecule has 6 heteroatoms. The van der Waals surface area contributed by atoms with E-state index in [9.17, 15) is 4.79 Å². The molecule has 1 aliphatic heterocycles. The lowest BCUT2D eigenvalue weighted by atomic mass is 9.90. The van der Waals surface area contributed by atoms with Crippen LogP contribution in [0.15, 0.2) is 29.4 Å². The number of hydrogen-bond donors (Lipinski definition) is 0. The topological polar surface area (TPSA) is 55.3 Å². The van der Waals surface area contributed by atoms with Crippen molar-refractivity contribution in [3.05, 3.63) is 24.5 Å². The Hall–Kier alpha value is -1.82. The number of carbonyl (C=O) groups is 1. The molecule has 5 nitrogen and oxygen atoms in total. The number of carbonyl (C=O) groups excluding carboxylic acids is 1. The molecular weight excluding hydrogens is 334 g/mol. The fourth-order valence-corrected chi connectivity index (χ4v) is 4.48. The second kappa shape index (κ2) is 6.48. The predicted octanol–water partition coefficient (Wildman–Crippen LogP) is 3.52. The van der Waals surface area contributed by atoms with Crippen LogP contribution in [-0.4, -0.2) is 41.9 Å². The first kappa shape index (κ1) is 16.6. The van der Waals surface area contributed by atoms with E-state index in [2.05, 4.69) is 39.3 Å². The Balaban J connectivity index is 1.52. The van der Waals surface area contributed by atoms with E-state index in [0.717, 1.165) is 49.1 Å². The molecule has 4 rings (SSSR count). The van der Waals surface area contributed by atoms with Gasteiger partial charge < -0.3 is 9.64 Å². The first-order chi connectivity index (χ1) is 12.2. The van der Waals surface area contributed by atoms with Gasteiger partial charge in [0.2, 0.25) is 0 Å².